The molecule has 2 heterocycles. The first kappa shape index (κ1) is 16.7. The Balaban J connectivity index is 1.93. The van der Waals surface area contributed by atoms with Gasteiger partial charge in [-0.3, -0.25) is 4.79 Å². The minimum absolute atomic E-state index is 0.0506. The number of nitrogens with zero attached hydrogens (tertiary/aromatic N) is 1. The molecular weight excluding hydrogens is 268 g/mol. The maximum absolute atomic E-state index is 12.6. The summed E-state index contributed by atoms with van der Waals surface area (Å²) in [5, 5.41) is 0. The van der Waals surface area contributed by atoms with Crippen LogP contribution in [0.1, 0.15) is 46.0 Å². The number of hydrogen-bond donors (Lipinski definition) is 1. The van der Waals surface area contributed by atoms with Gasteiger partial charge in [-0.05, 0) is 38.0 Å². The van der Waals surface area contributed by atoms with E-state index in [9.17, 15) is 4.79 Å². The minimum atomic E-state index is -0.409. The van der Waals surface area contributed by atoms with Gasteiger partial charge in [-0.1, -0.05) is 13.8 Å². The molecule has 5 nitrogen and oxygen atoms in total. The lowest BCUT2D eigenvalue weighted by Gasteiger charge is -2.30. The third-order valence-corrected chi connectivity index (χ3v) is 4.25. The number of hydrogen-bond acceptors (Lipinski definition) is 4. The Morgan fingerprint density at radius 1 is 1.14 bits per heavy atom. The average molecular weight is 298 g/mol. The molecule has 0 aromatic rings. The van der Waals surface area contributed by atoms with Crippen molar-refractivity contribution in [3.8, 4) is 0 Å². The van der Waals surface area contributed by atoms with Gasteiger partial charge in [0.1, 0.15) is 0 Å². The van der Waals surface area contributed by atoms with E-state index in [1.165, 1.54) is 0 Å². The Kier molecular flexibility index (Phi) is 6.45. The molecule has 0 radical (unpaired) electrons. The molecule has 2 fully saturated rings. The summed E-state index contributed by atoms with van der Waals surface area (Å²) in [4.78, 5) is 14.5. The van der Waals surface area contributed by atoms with E-state index in [1.54, 1.807) is 0 Å². The fourth-order valence-electron chi connectivity index (χ4n) is 3.17. The van der Waals surface area contributed by atoms with Gasteiger partial charge in [-0.2, -0.15) is 0 Å². The summed E-state index contributed by atoms with van der Waals surface area (Å²) in [6.07, 6.45) is 5.31. The van der Waals surface area contributed by atoms with Crippen molar-refractivity contribution in [2.24, 2.45) is 11.7 Å². The van der Waals surface area contributed by atoms with Crippen LogP contribution in [0.5, 0.6) is 0 Å². The lowest BCUT2D eigenvalue weighted by molar-refractivity contribution is -0.136. The van der Waals surface area contributed by atoms with E-state index < -0.39 is 6.04 Å². The number of carbonyl (C=O) groups excluding carboxylic acids is 1. The monoisotopic (exact) mass is 298 g/mol. The number of amides is 1. The first-order valence-corrected chi connectivity index (χ1v) is 8.34. The van der Waals surface area contributed by atoms with Gasteiger partial charge in [0.25, 0.3) is 0 Å². The Labute approximate surface area is 128 Å². The Bertz CT molecular complexity index is 305. The number of carbonyl (C=O) groups is 1. The van der Waals surface area contributed by atoms with Crippen LogP contribution in [0.25, 0.3) is 0 Å². The van der Waals surface area contributed by atoms with Crippen molar-refractivity contribution in [3.05, 3.63) is 0 Å². The van der Waals surface area contributed by atoms with Crippen molar-refractivity contribution in [2.75, 3.05) is 26.3 Å². The molecule has 0 saturated carbocycles. The molecule has 0 spiro atoms. The molecule has 0 aromatic carbocycles. The van der Waals surface area contributed by atoms with Gasteiger partial charge < -0.3 is 20.1 Å². The van der Waals surface area contributed by atoms with Gasteiger partial charge in [-0.25, -0.2) is 0 Å². The lowest BCUT2D eigenvalue weighted by Crippen LogP contribution is -2.49. The van der Waals surface area contributed by atoms with Gasteiger partial charge >= 0.3 is 0 Å². The molecule has 2 unspecified atom stereocenters. The lowest BCUT2D eigenvalue weighted by atomic mass is 10.0. The van der Waals surface area contributed by atoms with Gasteiger partial charge in [0, 0.05) is 26.3 Å². The normalized spacial score (nSPS) is 27.2. The maximum atomic E-state index is 12.6. The molecule has 2 N–H and O–H groups in total. The molecule has 2 aliphatic rings. The number of ether oxygens (including phenoxy) is 2. The Morgan fingerprint density at radius 2 is 1.67 bits per heavy atom. The van der Waals surface area contributed by atoms with Gasteiger partial charge in [0.05, 0.1) is 18.2 Å². The Morgan fingerprint density at radius 3 is 2.05 bits per heavy atom. The van der Waals surface area contributed by atoms with E-state index in [2.05, 4.69) is 13.8 Å². The van der Waals surface area contributed by atoms with E-state index in [-0.39, 0.29) is 18.1 Å². The topological polar surface area (TPSA) is 64.8 Å². The zero-order valence-corrected chi connectivity index (χ0v) is 13.4. The van der Waals surface area contributed by atoms with E-state index in [1.807, 2.05) is 4.90 Å². The predicted molar refractivity (Wildman–Crippen MR) is 82.0 cm³/mol. The highest BCUT2D eigenvalue weighted by atomic mass is 16.5. The zero-order valence-electron chi connectivity index (χ0n) is 13.4. The largest absolute Gasteiger partial charge is 0.376 e. The first-order valence-electron chi connectivity index (χ1n) is 8.34. The quantitative estimate of drug-likeness (QED) is 0.774. The van der Waals surface area contributed by atoms with Crippen LogP contribution in [0, 0.1) is 5.92 Å². The second-order valence-electron chi connectivity index (χ2n) is 6.75. The summed E-state index contributed by atoms with van der Waals surface area (Å²) in [6, 6.07) is -0.409. The van der Waals surface area contributed by atoms with Crippen LogP contribution < -0.4 is 5.73 Å². The van der Waals surface area contributed by atoms with Crippen molar-refractivity contribution in [2.45, 2.75) is 64.2 Å². The fraction of sp³-hybridized carbons (Fsp3) is 0.938. The van der Waals surface area contributed by atoms with E-state index >= 15 is 0 Å². The second-order valence-corrected chi connectivity index (χ2v) is 6.75. The molecule has 1 amide bonds. The number of rotatable bonds is 7. The minimum Gasteiger partial charge on any atom is -0.376 e. The average Bonchev–Trinajstić information content (AvgIpc) is 3.09. The first-order chi connectivity index (χ1) is 10.1. The SMILES string of the molecule is CC(C)C[C@@H](N)C(=O)N(CC1CCCO1)CC1CCCO1. The zero-order chi connectivity index (χ0) is 15.2. The smallest absolute Gasteiger partial charge is 0.239 e. The van der Waals surface area contributed by atoms with Crippen LogP contribution in [0.15, 0.2) is 0 Å². The molecular formula is C16H30N2O3. The third kappa shape index (κ3) is 5.24. The van der Waals surface area contributed by atoms with Crippen molar-refractivity contribution < 1.29 is 14.3 Å². The van der Waals surface area contributed by atoms with Crippen LogP contribution in [-0.2, 0) is 14.3 Å². The van der Waals surface area contributed by atoms with E-state index in [0.29, 0.717) is 19.0 Å². The van der Waals surface area contributed by atoms with Gasteiger partial charge in [-0.15, -0.1) is 0 Å². The molecule has 122 valence electrons. The van der Waals surface area contributed by atoms with Crippen molar-refractivity contribution in [1.29, 1.82) is 0 Å². The van der Waals surface area contributed by atoms with E-state index in [4.69, 9.17) is 15.2 Å². The van der Waals surface area contributed by atoms with Crippen molar-refractivity contribution in [1.82, 2.24) is 4.90 Å². The van der Waals surface area contributed by atoms with E-state index in [0.717, 1.165) is 45.3 Å². The highest BCUT2D eigenvalue weighted by Gasteiger charge is 2.29. The van der Waals surface area contributed by atoms with Crippen molar-refractivity contribution in [3.63, 3.8) is 0 Å². The fourth-order valence-corrected chi connectivity index (χ4v) is 3.17. The molecule has 0 aliphatic carbocycles. The summed E-state index contributed by atoms with van der Waals surface area (Å²) in [5.41, 5.74) is 6.09. The van der Waals surface area contributed by atoms with Crippen LogP contribution >= 0.6 is 0 Å². The molecule has 2 rings (SSSR count). The molecule has 5 heteroatoms. The van der Waals surface area contributed by atoms with Crippen LogP contribution in [0.4, 0.5) is 0 Å². The molecule has 2 aliphatic heterocycles. The standard InChI is InChI=1S/C16H30N2O3/c1-12(2)9-15(17)16(19)18(10-13-5-3-7-20-13)11-14-6-4-8-21-14/h12-15H,3-11,17H2,1-2H3/t13?,14?,15-/m1/s1. The van der Waals surface area contributed by atoms with Crippen LogP contribution in [0.2, 0.25) is 0 Å². The van der Waals surface area contributed by atoms with Crippen molar-refractivity contribution >= 4 is 5.91 Å². The Hall–Kier alpha value is -0.650. The highest BCUT2D eigenvalue weighted by Crippen LogP contribution is 2.18. The second kappa shape index (κ2) is 8.11. The summed E-state index contributed by atoms with van der Waals surface area (Å²) in [6.45, 7) is 7.12. The molecule has 3 atom stereocenters. The van der Waals surface area contributed by atoms with Gasteiger partial charge in [0.2, 0.25) is 5.91 Å². The summed E-state index contributed by atoms with van der Waals surface area (Å²) in [5.74, 6) is 0.478. The predicted octanol–water partition coefficient (Wildman–Crippen LogP) is 1.55. The van der Waals surface area contributed by atoms with Crippen LogP contribution in [-0.4, -0.2) is 55.4 Å². The summed E-state index contributed by atoms with van der Waals surface area (Å²) in [7, 11) is 0. The molecule has 21 heavy (non-hydrogen) atoms. The highest BCUT2D eigenvalue weighted by molar-refractivity contribution is 5.81. The summed E-state index contributed by atoms with van der Waals surface area (Å²) >= 11 is 0. The molecule has 2 saturated heterocycles. The number of nitrogens with two attached hydrogens (primary N) is 1. The maximum Gasteiger partial charge on any atom is 0.239 e. The third-order valence-electron chi connectivity index (χ3n) is 4.25. The van der Waals surface area contributed by atoms with Crippen LogP contribution in [0.3, 0.4) is 0 Å². The molecule has 0 aromatic heterocycles. The molecule has 0 bridgehead atoms. The summed E-state index contributed by atoms with van der Waals surface area (Å²) < 4.78 is 11.4. The van der Waals surface area contributed by atoms with Gasteiger partial charge in [0.15, 0.2) is 0 Å².